The number of carbonyl (C=O) groups is 1. The van der Waals surface area contributed by atoms with E-state index in [1.54, 1.807) is 22.9 Å². The molecule has 0 saturated carbocycles. The molecule has 2 aromatic carbocycles. The average Bonchev–Trinajstić information content (AvgIpc) is 3.20. The van der Waals surface area contributed by atoms with Gasteiger partial charge in [-0.05, 0) is 30.2 Å². The van der Waals surface area contributed by atoms with Crippen LogP contribution in [-0.2, 0) is 11.3 Å². The van der Waals surface area contributed by atoms with E-state index in [0.29, 0.717) is 29.5 Å². The van der Waals surface area contributed by atoms with Crippen molar-refractivity contribution in [1.29, 1.82) is 0 Å². The third-order valence-electron chi connectivity index (χ3n) is 4.85. The van der Waals surface area contributed by atoms with Crippen LogP contribution < -0.4 is 15.4 Å². The molecule has 1 atom stereocenters. The number of carbonyl (C=O) groups excluding carboxylic acids is 1. The molecule has 29 heavy (non-hydrogen) atoms. The number of phenolic OH excluding ortho intramolecular Hbond substituents is 1. The van der Waals surface area contributed by atoms with Crippen molar-refractivity contribution in [2.75, 3.05) is 12.4 Å². The van der Waals surface area contributed by atoms with E-state index in [1.807, 2.05) is 37.3 Å². The number of phenols is 1. The van der Waals surface area contributed by atoms with Crippen molar-refractivity contribution < 1.29 is 14.6 Å². The van der Waals surface area contributed by atoms with E-state index >= 15 is 0 Å². The Labute approximate surface area is 167 Å². The minimum atomic E-state index is -0.515. The predicted molar refractivity (Wildman–Crippen MR) is 107 cm³/mol. The lowest BCUT2D eigenvalue weighted by Crippen LogP contribution is -2.34. The normalized spacial score (nSPS) is 15.4. The summed E-state index contributed by atoms with van der Waals surface area (Å²) in [5.41, 5.74) is 2.96. The van der Waals surface area contributed by atoms with Crippen LogP contribution in [0.2, 0.25) is 0 Å². The van der Waals surface area contributed by atoms with Crippen molar-refractivity contribution in [3.05, 3.63) is 77.3 Å². The third-order valence-corrected chi connectivity index (χ3v) is 4.85. The molecule has 0 spiro atoms. The van der Waals surface area contributed by atoms with E-state index in [2.05, 4.69) is 20.7 Å². The van der Waals surface area contributed by atoms with Gasteiger partial charge in [0, 0.05) is 12.2 Å². The van der Waals surface area contributed by atoms with Crippen LogP contribution in [0.25, 0.3) is 0 Å². The number of ether oxygens (including phenoxy) is 1. The maximum atomic E-state index is 13.2. The second-order valence-corrected chi connectivity index (χ2v) is 6.69. The van der Waals surface area contributed by atoms with Gasteiger partial charge in [0.05, 0.1) is 12.7 Å². The number of anilines is 1. The largest absolute Gasteiger partial charge is 0.504 e. The summed E-state index contributed by atoms with van der Waals surface area (Å²) < 4.78 is 6.90. The van der Waals surface area contributed by atoms with Crippen LogP contribution in [0.5, 0.6) is 11.5 Å². The van der Waals surface area contributed by atoms with Gasteiger partial charge in [0.2, 0.25) is 5.95 Å². The number of aromatic nitrogens is 3. The molecule has 148 valence electrons. The predicted octanol–water partition coefficient (Wildman–Crippen LogP) is 2.60. The maximum absolute atomic E-state index is 13.2. The maximum Gasteiger partial charge on any atom is 0.251 e. The van der Waals surface area contributed by atoms with Gasteiger partial charge in [-0.25, -0.2) is 4.68 Å². The van der Waals surface area contributed by atoms with Crippen LogP contribution in [0, 0.1) is 0 Å². The van der Waals surface area contributed by atoms with Crippen molar-refractivity contribution in [2.45, 2.75) is 19.5 Å². The van der Waals surface area contributed by atoms with E-state index in [4.69, 9.17) is 4.74 Å². The molecule has 3 aromatic rings. The first-order valence-corrected chi connectivity index (χ1v) is 9.15. The summed E-state index contributed by atoms with van der Waals surface area (Å²) in [5, 5.41) is 20.4. The van der Waals surface area contributed by atoms with Crippen LogP contribution in [-0.4, -0.2) is 32.9 Å². The van der Waals surface area contributed by atoms with Gasteiger partial charge in [0.25, 0.3) is 5.91 Å². The lowest BCUT2D eigenvalue weighted by Gasteiger charge is -2.29. The summed E-state index contributed by atoms with van der Waals surface area (Å²) in [6.07, 6.45) is 1.44. The number of aromatic hydroxyl groups is 1. The number of amides is 1. The zero-order valence-electron chi connectivity index (χ0n) is 16.1. The first kappa shape index (κ1) is 18.5. The quantitative estimate of drug-likeness (QED) is 0.618. The Bertz CT molecular complexity index is 1070. The lowest BCUT2D eigenvalue weighted by atomic mass is 9.94. The Morgan fingerprint density at radius 2 is 2.07 bits per heavy atom. The molecular formula is C21H21N5O3. The number of hydrogen-bond acceptors (Lipinski definition) is 6. The minimum absolute atomic E-state index is 0.0276. The fraction of sp³-hybridized carbons (Fsp3) is 0.190. The Morgan fingerprint density at radius 3 is 2.83 bits per heavy atom. The van der Waals surface area contributed by atoms with Crippen LogP contribution in [0.1, 0.15) is 24.1 Å². The van der Waals surface area contributed by atoms with E-state index < -0.39 is 6.04 Å². The zero-order valence-corrected chi connectivity index (χ0v) is 16.1. The van der Waals surface area contributed by atoms with Gasteiger partial charge in [0.1, 0.15) is 12.4 Å². The molecule has 0 saturated heterocycles. The monoisotopic (exact) mass is 391 g/mol. The molecule has 2 heterocycles. The van der Waals surface area contributed by atoms with Gasteiger partial charge in [-0.2, -0.15) is 10.1 Å². The van der Waals surface area contributed by atoms with Gasteiger partial charge in [-0.3, -0.25) is 4.79 Å². The number of nitrogens with one attached hydrogen (secondary N) is 2. The van der Waals surface area contributed by atoms with Crippen molar-refractivity contribution in [2.24, 2.45) is 0 Å². The van der Waals surface area contributed by atoms with Gasteiger partial charge >= 0.3 is 0 Å². The number of hydrogen-bond donors (Lipinski definition) is 3. The highest BCUT2D eigenvalue weighted by Crippen LogP contribution is 2.38. The van der Waals surface area contributed by atoms with Gasteiger partial charge in [0.15, 0.2) is 11.5 Å². The number of nitrogens with zero attached hydrogens (tertiary/aromatic N) is 3. The van der Waals surface area contributed by atoms with E-state index in [9.17, 15) is 9.90 Å². The second kappa shape index (κ2) is 7.67. The molecule has 4 rings (SSSR count). The SMILES string of the molecule is COc1cc([C@H]2C(C(=O)NCc3ccccc3)=C(C)Nc3ncnn32)ccc1O. The minimum Gasteiger partial charge on any atom is -0.504 e. The Morgan fingerprint density at radius 1 is 1.28 bits per heavy atom. The molecule has 8 heteroatoms. The Kier molecular flexibility index (Phi) is 4.90. The standard InChI is InChI=1S/C21H21N5O3/c1-13-18(20(28)22-11-14-6-4-3-5-7-14)19(26-21(25-13)23-12-24-26)15-8-9-16(27)17(10-15)29-2/h3-10,12,19,27H,11H2,1-2H3,(H,22,28)(H,23,24,25)/t19-/m0/s1. The summed E-state index contributed by atoms with van der Waals surface area (Å²) in [5.74, 6) is 0.681. The molecule has 3 N–H and O–H groups in total. The summed E-state index contributed by atoms with van der Waals surface area (Å²) >= 11 is 0. The van der Waals surface area contributed by atoms with Crippen LogP contribution >= 0.6 is 0 Å². The summed E-state index contributed by atoms with van der Waals surface area (Å²) in [6, 6.07) is 14.2. The molecule has 1 aliphatic rings. The van der Waals surface area contributed by atoms with Crippen LogP contribution in [0.4, 0.5) is 5.95 Å². The highest BCUT2D eigenvalue weighted by molar-refractivity contribution is 5.96. The molecule has 0 bridgehead atoms. The zero-order chi connectivity index (χ0) is 20.4. The van der Waals surface area contributed by atoms with Crippen molar-refractivity contribution in [1.82, 2.24) is 20.1 Å². The molecule has 0 aliphatic carbocycles. The highest BCUT2D eigenvalue weighted by Gasteiger charge is 2.33. The molecule has 0 radical (unpaired) electrons. The van der Waals surface area contributed by atoms with E-state index in [-0.39, 0.29) is 11.7 Å². The fourth-order valence-electron chi connectivity index (χ4n) is 3.43. The van der Waals surface area contributed by atoms with Crippen LogP contribution in [0.15, 0.2) is 66.1 Å². The third kappa shape index (κ3) is 3.52. The lowest BCUT2D eigenvalue weighted by molar-refractivity contribution is -0.118. The molecule has 0 fully saturated rings. The van der Waals surface area contributed by atoms with E-state index in [0.717, 1.165) is 11.1 Å². The molecule has 1 aromatic heterocycles. The number of rotatable bonds is 5. The van der Waals surface area contributed by atoms with Gasteiger partial charge < -0.3 is 20.5 Å². The number of allylic oxidation sites excluding steroid dienone is 1. The van der Waals surface area contributed by atoms with Gasteiger partial charge in [-0.15, -0.1) is 0 Å². The molecule has 8 nitrogen and oxygen atoms in total. The second-order valence-electron chi connectivity index (χ2n) is 6.69. The number of fused-ring (bicyclic) bond motifs is 1. The Hall–Kier alpha value is -3.81. The van der Waals surface area contributed by atoms with Crippen molar-refractivity contribution in [3.63, 3.8) is 0 Å². The molecular weight excluding hydrogens is 370 g/mol. The van der Waals surface area contributed by atoms with E-state index in [1.165, 1.54) is 13.4 Å². The first-order chi connectivity index (χ1) is 14.1. The first-order valence-electron chi connectivity index (χ1n) is 9.15. The summed E-state index contributed by atoms with van der Waals surface area (Å²) in [6.45, 7) is 2.24. The molecule has 1 amide bonds. The molecule has 0 unspecified atom stereocenters. The smallest absolute Gasteiger partial charge is 0.251 e. The summed E-state index contributed by atoms with van der Waals surface area (Å²) in [4.78, 5) is 17.4. The summed E-state index contributed by atoms with van der Waals surface area (Å²) in [7, 11) is 1.48. The average molecular weight is 391 g/mol. The number of benzene rings is 2. The number of methoxy groups -OCH3 is 1. The highest BCUT2D eigenvalue weighted by atomic mass is 16.5. The van der Waals surface area contributed by atoms with Crippen molar-refractivity contribution in [3.8, 4) is 11.5 Å². The fourth-order valence-corrected chi connectivity index (χ4v) is 3.43. The van der Waals surface area contributed by atoms with Crippen LogP contribution in [0.3, 0.4) is 0 Å². The van der Waals surface area contributed by atoms with Crippen molar-refractivity contribution >= 4 is 11.9 Å². The molecule has 1 aliphatic heterocycles. The van der Waals surface area contributed by atoms with Gasteiger partial charge in [-0.1, -0.05) is 36.4 Å². The Balaban J connectivity index is 1.71. The topological polar surface area (TPSA) is 101 Å².